The van der Waals surface area contributed by atoms with Crippen molar-refractivity contribution in [3.05, 3.63) is 59.7 Å². The molecule has 0 saturated heterocycles. The summed E-state index contributed by atoms with van der Waals surface area (Å²) in [5.41, 5.74) is -5.75. The molecule has 1 heterocycles. The number of carbonyl (C=O) groups is 1. The van der Waals surface area contributed by atoms with Crippen LogP contribution in [0.4, 0.5) is 17.6 Å². The maximum absolute atomic E-state index is 13.9. The van der Waals surface area contributed by atoms with E-state index in [4.69, 9.17) is 5.11 Å². The van der Waals surface area contributed by atoms with Crippen molar-refractivity contribution in [2.45, 2.75) is 6.18 Å². The first-order valence-corrected chi connectivity index (χ1v) is 6.76. The number of halogens is 5. The molecule has 23 heavy (non-hydrogen) atoms. The second-order valence-electron chi connectivity index (χ2n) is 4.25. The van der Waals surface area contributed by atoms with Crippen LogP contribution in [0.2, 0.25) is 0 Å². The Kier molecular flexibility index (Phi) is 4.32. The van der Waals surface area contributed by atoms with E-state index in [1.807, 2.05) is 0 Å². The van der Waals surface area contributed by atoms with Gasteiger partial charge in [-0.15, -0.1) is 0 Å². The molecule has 0 spiro atoms. The standard InChI is InChI=1S/C12H5F4IN2O4/c13-5-2-6(17)4(10(21)22)1-7(5)19-9(20)3-8(12(14,15)16)18-11(19)23/h1-3H,(H,18,23)(H,21,22). The van der Waals surface area contributed by atoms with Crippen molar-refractivity contribution in [3.8, 4) is 5.69 Å². The Morgan fingerprint density at radius 2 is 1.83 bits per heavy atom. The Hall–Kier alpha value is -2.18. The summed E-state index contributed by atoms with van der Waals surface area (Å²) in [5, 5.41) is 8.97. The second-order valence-corrected chi connectivity index (χ2v) is 5.41. The van der Waals surface area contributed by atoms with Gasteiger partial charge >= 0.3 is 17.8 Å². The Balaban J connectivity index is 2.79. The van der Waals surface area contributed by atoms with Gasteiger partial charge in [0.25, 0.3) is 5.56 Å². The van der Waals surface area contributed by atoms with Gasteiger partial charge < -0.3 is 10.1 Å². The molecule has 6 nitrogen and oxygen atoms in total. The molecule has 0 amide bonds. The highest BCUT2D eigenvalue weighted by molar-refractivity contribution is 14.1. The van der Waals surface area contributed by atoms with E-state index in [9.17, 15) is 31.9 Å². The minimum absolute atomic E-state index is 0.00672. The molecular formula is C12H5F4IN2O4. The zero-order valence-corrected chi connectivity index (χ0v) is 12.9. The summed E-state index contributed by atoms with van der Waals surface area (Å²) in [6.07, 6.45) is -4.96. The summed E-state index contributed by atoms with van der Waals surface area (Å²) in [5.74, 6) is -2.58. The molecule has 2 rings (SSSR count). The normalized spacial score (nSPS) is 11.5. The average Bonchev–Trinajstić information content (AvgIpc) is 2.38. The van der Waals surface area contributed by atoms with Crippen LogP contribution in [0.3, 0.4) is 0 Å². The van der Waals surface area contributed by atoms with Gasteiger partial charge in [0.15, 0.2) is 0 Å². The number of carboxylic acids is 1. The summed E-state index contributed by atoms with van der Waals surface area (Å²) in [6.45, 7) is 0. The number of carboxylic acid groups (broad SMARTS) is 1. The van der Waals surface area contributed by atoms with E-state index in [-0.39, 0.29) is 14.2 Å². The predicted molar refractivity (Wildman–Crippen MR) is 77.3 cm³/mol. The lowest BCUT2D eigenvalue weighted by atomic mass is 10.2. The SMILES string of the molecule is O=C(O)c1cc(-n2c(=O)cc(C(F)(F)F)[nH]c2=O)c(F)cc1I. The van der Waals surface area contributed by atoms with Gasteiger partial charge in [0, 0.05) is 9.64 Å². The van der Waals surface area contributed by atoms with Crippen LogP contribution in [0.15, 0.2) is 27.8 Å². The lowest BCUT2D eigenvalue weighted by Crippen LogP contribution is -2.36. The van der Waals surface area contributed by atoms with Gasteiger partial charge in [-0.25, -0.2) is 18.5 Å². The highest BCUT2D eigenvalue weighted by atomic mass is 127. The number of aromatic amines is 1. The van der Waals surface area contributed by atoms with E-state index >= 15 is 0 Å². The molecule has 2 aromatic rings. The third kappa shape index (κ3) is 3.28. The molecule has 0 radical (unpaired) electrons. The van der Waals surface area contributed by atoms with Crippen molar-refractivity contribution in [2.75, 3.05) is 0 Å². The van der Waals surface area contributed by atoms with Gasteiger partial charge in [-0.1, -0.05) is 0 Å². The first kappa shape index (κ1) is 17.2. The molecule has 2 N–H and O–H groups in total. The van der Waals surface area contributed by atoms with Gasteiger partial charge in [-0.05, 0) is 34.7 Å². The van der Waals surface area contributed by atoms with Crippen molar-refractivity contribution in [2.24, 2.45) is 0 Å². The molecule has 1 aromatic heterocycles. The maximum atomic E-state index is 13.9. The number of benzene rings is 1. The fourth-order valence-electron chi connectivity index (χ4n) is 1.75. The van der Waals surface area contributed by atoms with Crippen LogP contribution in [0.25, 0.3) is 5.69 Å². The lowest BCUT2D eigenvalue weighted by Gasteiger charge is -2.11. The quantitative estimate of drug-likeness (QED) is 0.548. The topological polar surface area (TPSA) is 92.2 Å². The first-order chi connectivity index (χ1) is 10.5. The molecule has 0 aliphatic rings. The highest BCUT2D eigenvalue weighted by Crippen LogP contribution is 2.26. The molecule has 11 heteroatoms. The van der Waals surface area contributed by atoms with E-state index in [1.54, 1.807) is 0 Å². The van der Waals surface area contributed by atoms with Crippen molar-refractivity contribution >= 4 is 28.6 Å². The number of aromatic nitrogens is 2. The van der Waals surface area contributed by atoms with Gasteiger partial charge in [0.2, 0.25) is 0 Å². The number of H-pyrrole nitrogens is 1. The number of aromatic carboxylic acids is 1. The summed E-state index contributed by atoms with van der Waals surface area (Å²) < 4.78 is 51.6. The smallest absolute Gasteiger partial charge is 0.431 e. The molecule has 0 aliphatic carbocycles. The van der Waals surface area contributed by atoms with E-state index in [0.29, 0.717) is 6.07 Å². The fraction of sp³-hybridized carbons (Fsp3) is 0.0833. The summed E-state index contributed by atoms with van der Waals surface area (Å²) in [7, 11) is 0. The van der Waals surface area contributed by atoms with Crippen LogP contribution in [0.1, 0.15) is 16.1 Å². The number of rotatable bonds is 2. The monoisotopic (exact) mass is 444 g/mol. The zero-order chi connectivity index (χ0) is 17.5. The van der Waals surface area contributed by atoms with Crippen molar-refractivity contribution < 1.29 is 27.5 Å². The number of hydrogen-bond acceptors (Lipinski definition) is 3. The van der Waals surface area contributed by atoms with Gasteiger partial charge in [0.1, 0.15) is 11.5 Å². The molecule has 1 aromatic carbocycles. The maximum Gasteiger partial charge on any atom is 0.431 e. The van der Waals surface area contributed by atoms with E-state index < -0.39 is 46.2 Å². The van der Waals surface area contributed by atoms with E-state index in [2.05, 4.69) is 0 Å². The first-order valence-electron chi connectivity index (χ1n) is 5.68. The van der Waals surface area contributed by atoms with Crippen molar-refractivity contribution in [1.29, 1.82) is 0 Å². The zero-order valence-electron chi connectivity index (χ0n) is 10.7. The molecule has 0 atom stereocenters. The van der Waals surface area contributed by atoms with Crippen LogP contribution in [0.5, 0.6) is 0 Å². The minimum atomic E-state index is -4.96. The third-order valence-corrected chi connectivity index (χ3v) is 3.64. The Morgan fingerprint density at radius 3 is 2.30 bits per heavy atom. The number of hydrogen-bond donors (Lipinski definition) is 2. The lowest BCUT2D eigenvalue weighted by molar-refractivity contribution is -0.141. The number of nitrogens with one attached hydrogen (secondary N) is 1. The molecule has 0 unspecified atom stereocenters. The van der Waals surface area contributed by atoms with Gasteiger partial charge in [-0.2, -0.15) is 13.2 Å². The van der Waals surface area contributed by atoms with E-state index in [1.165, 1.54) is 27.6 Å². The van der Waals surface area contributed by atoms with Crippen LogP contribution in [-0.2, 0) is 6.18 Å². The number of nitrogens with zero attached hydrogens (tertiary/aromatic N) is 1. The summed E-state index contributed by atoms with van der Waals surface area (Å²) in [4.78, 5) is 35.9. The predicted octanol–water partition coefficient (Wildman–Crippen LogP) is 1.99. The molecule has 0 fully saturated rings. The van der Waals surface area contributed by atoms with E-state index in [0.717, 1.165) is 6.07 Å². The highest BCUT2D eigenvalue weighted by Gasteiger charge is 2.33. The van der Waals surface area contributed by atoms with Crippen LogP contribution in [-0.4, -0.2) is 20.6 Å². The summed E-state index contributed by atoms with van der Waals surface area (Å²) >= 11 is 1.53. The van der Waals surface area contributed by atoms with Crippen LogP contribution in [0, 0.1) is 9.39 Å². The van der Waals surface area contributed by atoms with Crippen LogP contribution < -0.4 is 11.2 Å². The van der Waals surface area contributed by atoms with Crippen molar-refractivity contribution in [1.82, 2.24) is 9.55 Å². The average molecular weight is 444 g/mol. The van der Waals surface area contributed by atoms with Crippen molar-refractivity contribution in [3.63, 3.8) is 0 Å². The summed E-state index contributed by atoms with van der Waals surface area (Å²) in [6, 6.07) is 1.53. The van der Waals surface area contributed by atoms with Gasteiger partial charge in [0.05, 0.1) is 11.3 Å². The number of alkyl halides is 3. The molecule has 0 saturated carbocycles. The Labute approximate surface area is 137 Å². The largest absolute Gasteiger partial charge is 0.478 e. The molecule has 122 valence electrons. The van der Waals surface area contributed by atoms with Gasteiger partial charge in [-0.3, -0.25) is 4.79 Å². The second kappa shape index (κ2) is 5.79. The minimum Gasteiger partial charge on any atom is -0.478 e. The molecule has 0 aliphatic heterocycles. The van der Waals surface area contributed by atoms with Crippen LogP contribution >= 0.6 is 22.6 Å². The molecule has 0 bridgehead atoms. The Bertz CT molecular complexity index is 885. The third-order valence-electron chi connectivity index (χ3n) is 2.75. The molecular weight excluding hydrogens is 439 g/mol. The Morgan fingerprint density at radius 1 is 1.22 bits per heavy atom. The fourth-order valence-corrected chi connectivity index (χ4v) is 2.41.